The van der Waals surface area contributed by atoms with Crippen molar-refractivity contribution in [3.05, 3.63) is 124 Å². The average molecular weight is 615 g/mol. The minimum Gasteiger partial charge on any atom is -0.445 e. The summed E-state index contributed by atoms with van der Waals surface area (Å²) < 4.78 is 19.3. The van der Waals surface area contributed by atoms with Crippen LogP contribution in [0.15, 0.2) is 91.5 Å². The van der Waals surface area contributed by atoms with Gasteiger partial charge in [-0.15, -0.1) is 6.58 Å². The van der Waals surface area contributed by atoms with Gasteiger partial charge in [0.05, 0.1) is 4.92 Å². The number of halogens is 1. The molecule has 2 aliphatic rings. The number of ether oxygens (including phenoxy) is 1. The number of non-ortho nitro benzene ring substituents is 1. The summed E-state index contributed by atoms with van der Waals surface area (Å²) in [5, 5.41) is 14.0. The molecule has 9 nitrogen and oxygen atoms in total. The molecule has 0 bridgehead atoms. The predicted octanol–water partition coefficient (Wildman–Crippen LogP) is 6.32. The smallest absolute Gasteiger partial charge is 0.410 e. The molecule has 5 rings (SSSR count). The van der Waals surface area contributed by atoms with Crippen LogP contribution in [0.25, 0.3) is 0 Å². The second kappa shape index (κ2) is 14.9. The van der Waals surface area contributed by atoms with Gasteiger partial charge >= 0.3 is 6.09 Å². The summed E-state index contributed by atoms with van der Waals surface area (Å²) in [4.78, 5) is 40.6. The molecule has 1 aliphatic carbocycles. The lowest BCUT2D eigenvalue weighted by Crippen LogP contribution is -2.48. The Morgan fingerprint density at radius 3 is 2.44 bits per heavy atom. The molecule has 3 unspecified atom stereocenters. The number of rotatable bonds is 11. The second-order valence-corrected chi connectivity index (χ2v) is 11.9. The molecule has 1 N–H and O–H groups in total. The number of hydrogen-bond donors (Lipinski definition) is 1. The number of piperidine rings is 1. The van der Waals surface area contributed by atoms with Crippen molar-refractivity contribution in [3.63, 3.8) is 0 Å². The van der Waals surface area contributed by atoms with Gasteiger partial charge < -0.3 is 19.9 Å². The fourth-order valence-electron chi connectivity index (χ4n) is 6.65. The number of benzene rings is 3. The summed E-state index contributed by atoms with van der Waals surface area (Å²) in [6.07, 6.45) is 4.51. The van der Waals surface area contributed by atoms with Crippen molar-refractivity contribution < 1.29 is 23.6 Å². The number of likely N-dealkylation sites (tertiary alicyclic amines) is 1. The van der Waals surface area contributed by atoms with Crippen LogP contribution < -0.4 is 5.32 Å². The first kappa shape index (κ1) is 31.8. The van der Waals surface area contributed by atoms with Gasteiger partial charge in [0.1, 0.15) is 12.4 Å². The minimum absolute atomic E-state index is 0.00964. The van der Waals surface area contributed by atoms with E-state index in [1.54, 1.807) is 35.2 Å². The van der Waals surface area contributed by atoms with Gasteiger partial charge in [-0.1, -0.05) is 42.5 Å². The van der Waals surface area contributed by atoms with Gasteiger partial charge in [-0.25, -0.2) is 9.18 Å². The molecule has 0 aromatic heterocycles. The fourth-order valence-corrected chi connectivity index (χ4v) is 6.65. The molecule has 3 aromatic rings. The Balaban J connectivity index is 1.17. The van der Waals surface area contributed by atoms with Crippen molar-refractivity contribution in [2.24, 2.45) is 5.92 Å². The molecule has 0 radical (unpaired) electrons. The Hall–Kier alpha value is -4.57. The Morgan fingerprint density at radius 1 is 1.04 bits per heavy atom. The van der Waals surface area contributed by atoms with Crippen LogP contribution in [0.5, 0.6) is 0 Å². The third-order valence-corrected chi connectivity index (χ3v) is 8.90. The lowest BCUT2D eigenvalue weighted by Gasteiger charge is -2.39. The van der Waals surface area contributed by atoms with E-state index < -0.39 is 16.8 Å². The molecule has 2 amide bonds. The highest BCUT2D eigenvalue weighted by Crippen LogP contribution is 2.41. The number of nitrogens with zero attached hydrogens (tertiary/aromatic N) is 3. The first-order chi connectivity index (χ1) is 21.8. The zero-order valence-electron chi connectivity index (χ0n) is 25.2. The summed E-state index contributed by atoms with van der Waals surface area (Å²) in [7, 11) is 0. The first-order valence-electron chi connectivity index (χ1n) is 15.4. The normalized spacial score (nSPS) is 20.3. The van der Waals surface area contributed by atoms with Gasteiger partial charge in [0.15, 0.2) is 0 Å². The number of amides is 2. The Kier molecular flexibility index (Phi) is 10.6. The highest BCUT2D eigenvalue weighted by Gasteiger charge is 2.38. The number of hydrogen-bond acceptors (Lipinski definition) is 6. The highest BCUT2D eigenvalue weighted by atomic mass is 19.1. The number of carbonyl (C=O) groups is 2. The van der Waals surface area contributed by atoms with Crippen LogP contribution in [-0.4, -0.2) is 65.0 Å². The first-order valence-corrected chi connectivity index (χ1v) is 15.4. The maximum Gasteiger partial charge on any atom is 0.410 e. The third kappa shape index (κ3) is 8.33. The molecule has 45 heavy (non-hydrogen) atoms. The van der Waals surface area contributed by atoms with Gasteiger partial charge in [0.25, 0.3) is 11.6 Å². The van der Waals surface area contributed by atoms with Gasteiger partial charge in [-0.2, -0.15) is 0 Å². The zero-order chi connectivity index (χ0) is 31.8. The lowest BCUT2D eigenvalue weighted by atomic mass is 9.88. The van der Waals surface area contributed by atoms with Crippen LogP contribution in [0.3, 0.4) is 0 Å². The molecule has 236 valence electrons. The van der Waals surface area contributed by atoms with Crippen molar-refractivity contribution >= 4 is 17.7 Å². The number of nitro groups is 1. The van der Waals surface area contributed by atoms with E-state index in [1.807, 2.05) is 18.2 Å². The zero-order valence-corrected chi connectivity index (χ0v) is 25.2. The third-order valence-electron chi connectivity index (χ3n) is 8.90. The van der Waals surface area contributed by atoms with E-state index in [9.17, 15) is 24.1 Å². The van der Waals surface area contributed by atoms with Gasteiger partial charge in [0.2, 0.25) is 0 Å². The fraction of sp³-hybridized carbons (Fsp3) is 0.371. The van der Waals surface area contributed by atoms with Crippen molar-refractivity contribution in [1.29, 1.82) is 0 Å². The Labute approximate surface area is 262 Å². The van der Waals surface area contributed by atoms with Crippen molar-refractivity contribution in [2.45, 2.75) is 50.3 Å². The van der Waals surface area contributed by atoms with Crippen LogP contribution in [0, 0.1) is 21.8 Å². The van der Waals surface area contributed by atoms with E-state index in [0.717, 1.165) is 45.3 Å². The topological polar surface area (TPSA) is 105 Å². The molecule has 1 saturated heterocycles. The second-order valence-electron chi connectivity index (χ2n) is 11.9. The predicted molar refractivity (Wildman–Crippen MR) is 169 cm³/mol. The molecule has 3 atom stereocenters. The number of nitrogens with one attached hydrogen (secondary N) is 1. The molecule has 1 saturated carbocycles. The largest absolute Gasteiger partial charge is 0.445 e. The number of carbonyl (C=O) groups excluding carboxylic acids is 2. The van der Waals surface area contributed by atoms with Crippen LogP contribution in [0.2, 0.25) is 0 Å². The van der Waals surface area contributed by atoms with Crippen LogP contribution in [0.1, 0.15) is 53.1 Å². The molecular weight excluding hydrogens is 575 g/mol. The molecule has 2 fully saturated rings. The average Bonchev–Trinajstić information content (AvgIpc) is 3.45. The standard InChI is InChI=1S/C35H39FN4O5/c1-2-17-39(35(42)45-24-25-11-13-32(14-12-25)40(43)44)31-15-18-38(19-16-31)23-28-21-30(22-33(28)26-7-4-3-5-8-26)37-34(41)27-9-6-10-29(36)20-27/h2-14,20,28,30-31,33H,1,15-19,21-24H2,(H,37,41). The molecule has 3 aromatic carbocycles. The summed E-state index contributed by atoms with van der Waals surface area (Å²) in [6, 6.07) is 22.1. The monoisotopic (exact) mass is 614 g/mol. The van der Waals surface area contributed by atoms with E-state index in [-0.39, 0.29) is 36.2 Å². The molecule has 10 heteroatoms. The summed E-state index contributed by atoms with van der Waals surface area (Å²) in [6.45, 7) is 6.75. The highest BCUT2D eigenvalue weighted by molar-refractivity contribution is 5.94. The quantitative estimate of drug-likeness (QED) is 0.154. The van der Waals surface area contributed by atoms with Crippen LogP contribution in [-0.2, 0) is 11.3 Å². The Morgan fingerprint density at radius 2 is 1.78 bits per heavy atom. The van der Waals surface area contributed by atoms with Gasteiger partial charge in [-0.05, 0) is 79.0 Å². The lowest BCUT2D eigenvalue weighted by molar-refractivity contribution is -0.384. The summed E-state index contributed by atoms with van der Waals surface area (Å²) >= 11 is 0. The van der Waals surface area contributed by atoms with Crippen molar-refractivity contribution in [3.8, 4) is 0 Å². The van der Waals surface area contributed by atoms with Crippen LogP contribution >= 0.6 is 0 Å². The Bertz CT molecular complexity index is 1480. The van der Waals surface area contributed by atoms with E-state index in [2.05, 4.69) is 28.9 Å². The van der Waals surface area contributed by atoms with E-state index in [1.165, 1.54) is 29.8 Å². The van der Waals surface area contributed by atoms with Crippen LogP contribution in [0.4, 0.5) is 14.9 Å². The summed E-state index contributed by atoms with van der Waals surface area (Å²) in [5.41, 5.74) is 2.25. The molecule has 1 heterocycles. The molecular formula is C35H39FN4O5. The van der Waals surface area contributed by atoms with Gasteiger partial charge in [-0.3, -0.25) is 14.9 Å². The maximum absolute atomic E-state index is 13.7. The number of nitro benzene ring substituents is 1. The minimum atomic E-state index is -0.464. The SMILES string of the molecule is C=CCN(C(=O)OCc1ccc([N+](=O)[O-])cc1)C1CCN(CC2CC(NC(=O)c3cccc(F)c3)CC2c2ccccc2)CC1. The summed E-state index contributed by atoms with van der Waals surface area (Å²) in [5.74, 6) is -0.0661. The van der Waals surface area contributed by atoms with E-state index >= 15 is 0 Å². The molecule has 0 spiro atoms. The van der Waals surface area contributed by atoms with Crippen molar-refractivity contribution in [2.75, 3.05) is 26.2 Å². The maximum atomic E-state index is 13.7. The van der Waals surface area contributed by atoms with E-state index in [0.29, 0.717) is 23.6 Å². The van der Waals surface area contributed by atoms with E-state index in [4.69, 9.17) is 4.74 Å². The van der Waals surface area contributed by atoms with Gasteiger partial charge in [0, 0.05) is 56.0 Å². The molecule has 1 aliphatic heterocycles. The van der Waals surface area contributed by atoms with Crippen molar-refractivity contribution in [1.82, 2.24) is 15.1 Å².